The van der Waals surface area contributed by atoms with Gasteiger partial charge in [0, 0.05) is 30.0 Å². The van der Waals surface area contributed by atoms with Crippen LogP contribution >= 0.6 is 11.6 Å². The molecule has 0 unspecified atom stereocenters. The second-order valence-corrected chi connectivity index (χ2v) is 8.40. The molecular weight excluding hydrogens is 436 g/mol. The van der Waals surface area contributed by atoms with Crippen LogP contribution in [0.25, 0.3) is 22.3 Å². The fraction of sp³-hybridized carbons (Fsp3) is 0.269. The lowest BCUT2D eigenvalue weighted by Gasteiger charge is -2.25. The van der Waals surface area contributed by atoms with Crippen molar-refractivity contribution in [3.05, 3.63) is 77.7 Å². The van der Waals surface area contributed by atoms with Crippen LogP contribution in [0.1, 0.15) is 32.4 Å². The van der Waals surface area contributed by atoms with Crippen LogP contribution in [0.2, 0.25) is 5.02 Å². The molecule has 0 saturated heterocycles. The number of benzene rings is 2. The Morgan fingerprint density at radius 1 is 1.09 bits per heavy atom. The van der Waals surface area contributed by atoms with Crippen molar-refractivity contribution in [1.29, 1.82) is 0 Å². The number of amides is 1. The number of anilines is 1. The average Bonchev–Trinajstić information content (AvgIpc) is 3.34. The molecule has 4 rings (SSSR count). The van der Waals surface area contributed by atoms with Gasteiger partial charge in [-0.15, -0.1) is 0 Å². The van der Waals surface area contributed by atoms with Gasteiger partial charge in [-0.2, -0.15) is 0 Å². The lowest BCUT2D eigenvalue weighted by Crippen LogP contribution is -2.35. The first-order valence-corrected chi connectivity index (χ1v) is 11.5. The first kappa shape index (κ1) is 22.8. The van der Waals surface area contributed by atoms with E-state index in [1.807, 2.05) is 67.6 Å². The van der Waals surface area contributed by atoms with E-state index in [2.05, 4.69) is 17.1 Å². The molecule has 0 fully saturated rings. The molecule has 0 spiro atoms. The number of halogens is 1. The van der Waals surface area contributed by atoms with Crippen molar-refractivity contribution in [2.24, 2.45) is 0 Å². The molecule has 7 heteroatoms. The maximum atomic E-state index is 12.5. The van der Waals surface area contributed by atoms with Gasteiger partial charge in [0.2, 0.25) is 5.91 Å². The minimum absolute atomic E-state index is 0.0125. The minimum atomic E-state index is 0.0125. The number of fused-ring (bicyclic) bond motifs is 1. The topological polar surface area (TPSA) is 71.3 Å². The highest BCUT2D eigenvalue weighted by Gasteiger charge is 2.19. The molecule has 0 radical (unpaired) electrons. The smallest absolute Gasteiger partial charge is 0.221 e. The first-order chi connectivity index (χ1) is 16.0. The molecule has 4 aromatic rings. The molecule has 6 nitrogen and oxygen atoms in total. The Morgan fingerprint density at radius 3 is 2.64 bits per heavy atom. The Balaban J connectivity index is 1.74. The fourth-order valence-corrected chi connectivity index (χ4v) is 3.82. The lowest BCUT2D eigenvalue weighted by atomic mass is 10.1. The second kappa shape index (κ2) is 10.5. The van der Waals surface area contributed by atoms with Crippen molar-refractivity contribution in [1.82, 2.24) is 15.3 Å². The van der Waals surface area contributed by atoms with Crippen LogP contribution in [-0.2, 0) is 11.3 Å². The highest BCUT2D eigenvalue weighted by molar-refractivity contribution is 6.33. The number of hydrogen-bond donors (Lipinski definition) is 1. The quantitative estimate of drug-likeness (QED) is 0.337. The zero-order valence-electron chi connectivity index (χ0n) is 18.8. The SMILES string of the molecule is CC[C@@H](C)NC(=O)CCN(Cc1ccco1)c1nc(-c2ccccc2Cl)nc2ccccc12. The van der Waals surface area contributed by atoms with Gasteiger partial charge in [0.1, 0.15) is 11.6 Å². The molecule has 2 aromatic heterocycles. The second-order valence-electron chi connectivity index (χ2n) is 8.00. The molecular formula is C26H27ClN4O2. The number of rotatable bonds is 9. The van der Waals surface area contributed by atoms with E-state index in [9.17, 15) is 4.79 Å². The minimum Gasteiger partial charge on any atom is -0.467 e. The maximum Gasteiger partial charge on any atom is 0.221 e. The van der Waals surface area contributed by atoms with Gasteiger partial charge in [0.05, 0.1) is 23.3 Å². The Morgan fingerprint density at radius 2 is 1.88 bits per heavy atom. The lowest BCUT2D eigenvalue weighted by molar-refractivity contribution is -0.121. The fourth-order valence-electron chi connectivity index (χ4n) is 3.60. The summed E-state index contributed by atoms with van der Waals surface area (Å²) in [6.45, 7) is 5.02. The number of carbonyl (C=O) groups is 1. The largest absolute Gasteiger partial charge is 0.467 e. The molecule has 1 atom stereocenters. The molecule has 1 amide bonds. The number of aromatic nitrogens is 2. The average molecular weight is 463 g/mol. The summed E-state index contributed by atoms with van der Waals surface area (Å²) in [5.41, 5.74) is 1.57. The Bertz CT molecular complexity index is 1230. The zero-order chi connectivity index (χ0) is 23.2. The molecule has 170 valence electrons. The maximum absolute atomic E-state index is 12.5. The Labute approximate surface area is 198 Å². The number of carbonyl (C=O) groups excluding carboxylic acids is 1. The van der Waals surface area contributed by atoms with Crippen LogP contribution < -0.4 is 10.2 Å². The van der Waals surface area contributed by atoms with E-state index in [0.717, 1.165) is 34.5 Å². The molecule has 0 aliphatic heterocycles. The highest BCUT2D eigenvalue weighted by Crippen LogP contribution is 2.31. The molecule has 0 aliphatic carbocycles. The number of para-hydroxylation sites is 1. The number of hydrogen-bond acceptors (Lipinski definition) is 5. The molecule has 1 N–H and O–H groups in total. The first-order valence-electron chi connectivity index (χ1n) is 11.1. The van der Waals surface area contributed by atoms with E-state index in [-0.39, 0.29) is 11.9 Å². The van der Waals surface area contributed by atoms with Gasteiger partial charge >= 0.3 is 0 Å². The summed E-state index contributed by atoms with van der Waals surface area (Å²) in [4.78, 5) is 24.3. The summed E-state index contributed by atoms with van der Waals surface area (Å²) in [7, 11) is 0. The van der Waals surface area contributed by atoms with Crippen LogP contribution in [0.15, 0.2) is 71.3 Å². The number of nitrogens with zero attached hydrogens (tertiary/aromatic N) is 3. The highest BCUT2D eigenvalue weighted by atomic mass is 35.5. The van der Waals surface area contributed by atoms with Crippen molar-refractivity contribution >= 4 is 34.2 Å². The van der Waals surface area contributed by atoms with E-state index in [4.69, 9.17) is 26.0 Å². The molecule has 2 heterocycles. The third-order valence-electron chi connectivity index (χ3n) is 5.55. The summed E-state index contributed by atoms with van der Waals surface area (Å²) < 4.78 is 5.61. The van der Waals surface area contributed by atoms with E-state index in [0.29, 0.717) is 30.4 Å². The van der Waals surface area contributed by atoms with Crippen molar-refractivity contribution < 1.29 is 9.21 Å². The number of furan rings is 1. The van der Waals surface area contributed by atoms with Crippen molar-refractivity contribution in [2.75, 3.05) is 11.4 Å². The summed E-state index contributed by atoms with van der Waals surface area (Å²) in [6, 6.07) is 19.3. The van der Waals surface area contributed by atoms with E-state index in [1.54, 1.807) is 6.26 Å². The van der Waals surface area contributed by atoms with Gasteiger partial charge in [-0.25, -0.2) is 9.97 Å². The molecule has 33 heavy (non-hydrogen) atoms. The zero-order valence-corrected chi connectivity index (χ0v) is 19.5. The summed E-state index contributed by atoms with van der Waals surface area (Å²) in [5, 5.41) is 4.53. The summed E-state index contributed by atoms with van der Waals surface area (Å²) in [6.07, 6.45) is 2.88. The predicted octanol–water partition coefficient (Wildman–Crippen LogP) is 5.85. The Hall–Kier alpha value is -3.38. The van der Waals surface area contributed by atoms with Crippen molar-refractivity contribution in [2.45, 2.75) is 39.3 Å². The van der Waals surface area contributed by atoms with Gasteiger partial charge in [-0.1, -0.05) is 42.8 Å². The van der Waals surface area contributed by atoms with Gasteiger partial charge < -0.3 is 14.6 Å². The third-order valence-corrected chi connectivity index (χ3v) is 5.88. The van der Waals surface area contributed by atoms with E-state index >= 15 is 0 Å². The van der Waals surface area contributed by atoms with Gasteiger partial charge in [0.25, 0.3) is 0 Å². The normalized spacial score (nSPS) is 12.0. The van der Waals surface area contributed by atoms with Gasteiger partial charge in [-0.05, 0) is 49.7 Å². The summed E-state index contributed by atoms with van der Waals surface area (Å²) in [5.74, 6) is 2.09. The standard InChI is InChI=1S/C26H27ClN4O2/c1-3-18(2)28-24(32)14-15-31(17-19-9-8-16-33-19)26-21-11-5-7-13-23(21)29-25(30-26)20-10-4-6-12-22(20)27/h4-13,16,18H,3,14-15,17H2,1-2H3,(H,28,32)/t18-/m1/s1. The predicted molar refractivity (Wildman–Crippen MR) is 132 cm³/mol. The van der Waals surface area contributed by atoms with Crippen LogP contribution in [0.5, 0.6) is 0 Å². The van der Waals surface area contributed by atoms with Crippen LogP contribution in [0, 0.1) is 0 Å². The van der Waals surface area contributed by atoms with E-state index < -0.39 is 0 Å². The van der Waals surface area contributed by atoms with E-state index in [1.165, 1.54) is 0 Å². The molecule has 0 bridgehead atoms. The van der Waals surface area contributed by atoms with Crippen molar-refractivity contribution in [3.8, 4) is 11.4 Å². The summed E-state index contributed by atoms with van der Waals surface area (Å²) >= 11 is 6.46. The molecule has 0 saturated carbocycles. The monoisotopic (exact) mass is 462 g/mol. The van der Waals surface area contributed by atoms with Gasteiger partial charge in [-0.3, -0.25) is 4.79 Å². The van der Waals surface area contributed by atoms with Gasteiger partial charge in [0.15, 0.2) is 5.82 Å². The van der Waals surface area contributed by atoms with Crippen LogP contribution in [-0.4, -0.2) is 28.5 Å². The number of nitrogens with one attached hydrogen (secondary N) is 1. The van der Waals surface area contributed by atoms with Crippen LogP contribution in [0.4, 0.5) is 5.82 Å². The molecule has 0 aliphatic rings. The van der Waals surface area contributed by atoms with Crippen LogP contribution in [0.3, 0.4) is 0 Å². The van der Waals surface area contributed by atoms with Crippen molar-refractivity contribution in [3.63, 3.8) is 0 Å². The Kier molecular flexibility index (Phi) is 7.25. The third kappa shape index (κ3) is 5.52. The molecule has 2 aromatic carbocycles.